The van der Waals surface area contributed by atoms with Gasteiger partial charge in [-0.15, -0.1) is 0 Å². The minimum atomic E-state index is 0.654. The molecule has 0 heterocycles. The van der Waals surface area contributed by atoms with Crippen LogP contribution < -0.4 is 4.74 Å². The lowest BCUT2D eigenvalue weighted by molar-refractivity contribution is 0.299. The highest BCUT2D eigenvalue weighted by atomic mass is 16.5. The molecular formula is C19H30O2. The van der Waals surface area contributed by atoms with Crippen LogP contribution >= 0.6 is 0 Å². The fourth-order valence-corrected chi connectivity index (χ4v) is 2.35. The van der Waals surface area contributed by atoms with Gasteiger partial charge in [-0.25, -0.2) is 0 Å². The zero-order valence-electron chi connectivity index (χ0n) is 13.7. The molecule has 2 nitrogen and oxygen atoms in total. The van der Waals surface area contributed by atoms with Gasteiger partial charge in [-0.2, -0.15) is 0 Å². The van der Waals surface area contributed by atoms with E-state index in [1.807, 2.05) is 24.3 Å². The zero-order chi connectivity index (χ0) is 15.3. The summed E-state index contributed by atoms with van der Waals surface area (Å²) >= 11 is 0. The summed E-state index contributed by atoms with van der Waals surface area (Å²) in [5.74, 6) is 1.52. The molecule has 0 bridgehead atoms. The lowest BCUT2D eigenvalue weighted by Gasteiger charge is -2.12. The molecule has 0 aliphatic rings. The summed E-state index contributed by atoms with van der Waals surface area (Å²) in [6, 6.07) is 7.91. The van der Waals surface area contributed by atoms with Gasteiger partial charge in [0.2, 0.25) is 0 Å². The van der Waals surface area contributed by atoms with Crippen LogP contribution in [-0.2, 0) is 4.74 Å². The van der Waals surface area contributed by atoms with E-state index in [-0.39, 0.29) is 0 Å². The number of rotatable bonds is 12. The Morgan fingerprint density at radius 1 is 0.952 bits per heavy atom. The Bertz CT molecular complexity index is 398. The van der Waals surface area contributed by atoms with Crippen LogP contribution in [0.2, 0.25) is 0 Å². The number of para-hydroxylation sites is 1. The van der Waals surface area contributed by atoms with Crippen molar-refractivity contribution in [3.05, 3.63) is 36.4 Å². The fourth-order valence-electron chi connectivity index (χ4n) is 2.35. The molecule has 1 rings (SSSR count). The smallest absolute Gasteiger partial charge is 0.130 e. The van der Waals surface area contributed by atoms with Gasteiger partial charge in [0.05, 0.1) is 19.3 Å². The van der Waals surface area contributed by atoms with Crippen LogP contribution in [0.15, 0.2) is 30.8 Å². The third kappa shape index (κ3) is 7.22. The molecule has 1 aromatic carbocycles. The molecule has 0 aliphatic carbocycles. The summed E-state index contributed by atoms with van der Waals surface area (Å²) < 4.78 is 11.1. The number of methoxy groups -OCH3 is 1. The van der Waals surface area contributed by atoms with E-state index in [1.54, 1.807) is 7.11 Å². The molecule has 21 heavy (non-hydrogen) atoms. The van der Waals surface area contributed by atoms with E-state index in [0.717, 1.165) is 24.3 Å². The van der Waals surface area contributed by atoms with Crippen LogP contribution in [0.1, 0.15) is 63.9 Å². The minimum absolute atomic E-state index is 0.654. The molecule has 118 valence electrons. The standard InChI is InChI=1S/C19H30O2/c1-4-5-6-7-8-9-10-13-16-21-19-15-12-11-14-18(19)17(2)20-3/h11-12,14-15H,2,4-10,13,16H2,1,3H3. The maximum atomic E-state index is 5.86. The Morgan fingerprint density at radius 2 is 1.57 bits per heavy atom. The number of unbranched alkanes of at least 4 members (excludes halogenated alkanes) is 7. The van der Waals surface area contributed by atoms with Gasteiger partial charge in [0, 0.05) is 0 Å². The third-order valence-electron chi connectivity index (χ3n) is 3.69. The maximum absolute atomic E-state index is 5.86. The highest BCUT2D eigenvalue weighted by molar-refractivity contribution is 5.63. The van der Waals surface area contributed by atoms with Crippen molar-refractivity contribution in [3.8, 4) is 5.75 Å². The summed E-state index contributed by atoms with van der Waals surface area (Å²) in [5, 5.41) is 0. The minimum Gasteiger partial charge on any atom is -0.497 e. The molecular weight excluding hydrogens is 260 g/mol. The van der Waals surface area contributed by atoms with Crippen molar-refractivity contribution in [1.82, 2.24) is 0 Å². The molecule has 0 amide bonds. The SMILES string of the molecule is C=C(OC)c1ccccc1OCCCCCCCCCC. The molecule has 0 unspecified atom stereocenters. The first-order valence-electron chi connectivity index (χ1n) is 8.24. The van der Waals surface area contributed by atoms with Crippen molar-refractivity contribution in [1.29, 1.82) is 0 Å². The second kappa shape index (κ2) is 11.2. The van der Waals surface area contributed by atoms with E-state index < -0.39 is 0 Å². The Hall–Kier alpha value is -1.44. The molecule has 0 saturated heterocycles. The van der Waals surface area contributed by atoms with Gasteiger partial charge >= 0.3 is 0 Å². The van der Waals surface area contributed by atoms with Gasteiger partial charge in [-0.05, 0) is 18.6 Å². The Labute approximate surface area is 130 Å². The van der Waals surface area contributed by atoms with Crippen molar-refractivity contribution in [2.75, 3.05) is 13.7 Å². The largest absolute Gasteiger partial charge is 0.497 e. The summed E-state index contributed by atoms with van der Waals surface area (Å²) in [5.41, 5.74) is 0.944. The molecule has 0 spiro atoms. The first-order chi connectivity index (χ1) is 10.3. The van der Waals surface area contributed by atoms with Crippen LogP contribution in [0.3, 0.4) is 0 Å². The van der Waals surface area contributed by atoms with E-state index in [9.17, 15) is 0 Å². The molecule has 0 atom stereocenters. The quantitative estimate of drug-likeness (QED) is 0.356. The molecule has 0 fully saturated rings. The third-order valence-corrected chi connectivity index (χ3v) is 3.69. The topological polar surface area (TPSA) is 18.5 Å². The van der Waals surface area contributed by atoms with Crippen LogP contribution in [-0.4, -0.2) is 13.7 Å². The Balaban J connectivity index is 2.17. The van der Waals surface area contributed by atoms with Crippen LogP contribution in [0.4, 0.5) is 0 Å². The van der Waals surface area contributed by atoms with E-state index in [2.05, 4.69) is 13.5 Å². The Morgan fingerprint density at radius 3 is 2.24 bits per heavy atom. The van der Waals surface area contributed by atoms with E-state index in [4.69, 9.17) is 9.47 Å². The molecule has 1 aromatic rings. The second-order valence-electron chi connectivity index (χ2n) is 5.45. The highest BCUT2D eigenvalue weighted by Crippen LogP contribution is 2.25. The first kappa shape index (κ1) is 17.6. The van der Waals surface area contributed by atoms with Crippen molar-refractivity contribution >= 4 is 5.76 Å². The summed E-state index contributed by atoms with van der Waals surface area (Å²) in [6.07, 6.45) is 10.5. The normalized spacial score (nSPS) is 10.4. The van der Waals surface area contributed by atoms with Crippen molar-refractivity contribution in [2.24, 2.45) is 0 Å². The van der Waals surface area contributed by atoms with E-state index in [1.165, 1.54) is 44.9 Å². The fraction of sp³-hybridized carbons (Fsp3) is 0.579. The lowest BCUT2D eigenvalue weighted by atomic mass is 10.1. The molecule has 0 saturated carbocycles. The van der Waals surface area contributed by atoms with Gasteiger partial charge in [0.25, 0.3) is 0 Å². The van der Waals surface area contributed by atoms with E-state index in [0.29, 0.717) is 5.76 Å². The average molecular weight is 290 g/mol. The molecule has 2 heteroatoms. The van der Waals surface area contributed by atoms with E-state index >= 15 is 0 Å². The number of hydrogen-bond donors (Lipinski definition) is 0. The highest BCUT2D eigenvalue weighted by Gasteiger charge is 2.06. The number of benzene rings is 1. The van der Waals surface area contributed by atoms with Gasteiger partial charge in [-0.1, -0.05) is 70.6 Å². The van der Waals surface area contributed by atoms with Crippen LogP contribution in [0.5, 0.6) is 5.75 Å². The van der Waals surface area contributed by atoms with Gasteiger partial charge in [0.15, 0.2) is 0 Å². The summed E-state index contributed by atoms with van der Waals surface area (Å²) in [6.45, 7) is 6.92. The second-order valence-corrected chi connectivity index (χ2v) is 5.45. The Kier molecular flexibility index (Phi) is 9.43. The van der Waals surface area contributed by atoms with Gasteiger partial charge < -0.3 is 9.47 Å². The molecule has 0 N–H and O–H groups in total. The number of ether oxygens (including phenoxy) is 2. The van der Waals surface area contributed by atoms with Gasteiger partial charge in [0.1, 0.15) is 11.5 Å². The molecule has 0 radical (unpaired) electrons. The average Bonchev–Trinajstić information content (AvgIpc) is 2.53. The number of hydrogen-bond acceptors (Lipinski definition) is 2. The van der Waals surface area contributed by atoms with Crippen molar-refractivity contribution < 1.29 is 9.47 Å². The predicted octanol–water partition coefficient (Wildman–Crippen LogP) is 5.82. The lowest BCUT2D eigenvalue weighted by Crippen LogP contribution is -2.00. The molecule has 0 aromatic heterocycles. The maximum Gasteiger partial charge on any atom is 0.130 e. The van der Waals surface area contributed by atoms with Crippen LogP contribution in [0, 0.1) is 0 Å². The first-order valence-corrected chi connectivity index (χ1v) is 8.24. The predicted molar refractivity (Wildman–Crippen MR) is 90.6 cm³/mol. The zero-order valence-corrected chi connectivity index (χ0v) is 13.7. The van der Waals surface area contributed by atoms with Crippen molar-refractivity contribution in [3.63, 3.8) is 0 Å². The monoisotopic (exact) mass is 290 g/mol. The molecule has 0 aliphatic heterocycles. The van der Waals surface area contributed by atoms with Crippen molar-refractivity contribution in [2.45, 2.75) is 58.3 Å². The van der Waals surface area contributed by atoms with Gasteiger partial charge in [-0.3, -0.25) is 0 Å². The van der Waals surface area contributed by atoms with Crippen LogP contribution in [0.25, 0.3) is 5.76 Å². The summed E-state index contributed by atoms with van der Waals surface area (Å²) in [7, 11) is 1.64. The summed E-state index contributed by atoms with van der Waals surface area (Å²) in [4.78, 5) is 0.